The third-order valence-electron chi connectivity index (χ3n) is 2.31. The van der Waals surface area contributed by atoms with E-state index in [4.69, 9.17) is 21.3 Å². The van der Waals surface area contributed by atoms with Gasteiger partial charge in [0.2, 0.25) is 0 Å². The molecule has 0 aliphatic rings. The van der Waals surface area contributed by atoms with Crippen LogP contribution in [0.2, 0.25) is 0 Å². The van der Waals surface area contributed by atoms with Crippen LogP contribution in [0.1, 0.15) is 46.5 Å². The number of rotatable bonds is 11. The molecule has 0 aliphatic heterocycles. The number of hydrogen-bond acceptors (Lipinski definition) is 4. The molecule has 0 heterocycles. The number of unbranched alkanes of at least 4 members (excludes halogenated alkanes) is 1. The second-order valence-corrected chi connectivity index (χ2v) is 6.66. The zero-order chi connectivity index (χ0) is 13.9. The van der Waals surface area contributed by atoms with E-state index in [0.717, 1.165) is 37.2 Å². The smallest absolute Gasteiger partial charge is 0.330 e. The highest BCUT2D eigenvalue weighted by Crippen LogP contribution is 2.48. The van der Waals surface area contributed by atoms with Gasteiger partial charge in [-0.1, -0.05) is 19.1 Å². The Balaban J connectivity index is 3.73. The molecule has 1 N–H and O–H groups in total. The van der Waals surface area contributed by atoms with E-state index in [1.54, 1.807) is 0 Å². The lowest BCUT2D eigenvalue weighted by molar-refractivity contribution is 0.219. The van der Waals surface area contributed by atoms with Crippen molar-refractivity contribution in [2.45, 2.75) is 46.5 Å². The SMILES string of the molecule is CCCC(=S)NCCCCP(=O)(OCC)OCC. The Morgan fingerprint density at radius 3 is 2.28 bits per heavy atom. The first-order valence-electron chi connectivity index (χ1n) is 6.72. The number of hydrogen-bond donors (Lipinski definition) is 1. The molecule has 0 bridgehead atoms. The standard InChI is InChI=1S/C12H26NO3PS/c1-4-9-12(18)13-10-7-8-11-17(14,15-5-2)16-6-3/h4-11H2,1-3H3,(H,13,18). The fourth-order valence-corrected chi connectivity index (χ4v) is 3.57. The zero-order valence-electron chi connectivity index (χ0n) is 11.7. The van der Waals surface area contributed by atoms with Crippen LogP contribution in [0.4, 0.5) is 0 Å². The van der Waals surface area contributed by atoms with Crippen molar-refractivity contribution in [1.29, 1.82) is 0 Å². The molecule has 0 amide bonds. The van der Waals surface area contributed by atoms with Crippen molar-refractivity contribution in [2.75, 3.05) is 25.9 Å². The van der Waals surface area contributed by atoms with Crippen LogP contribution in [-0.4, -0.2) is 30.9 Å². The number of nitrogens with one attached hydrogen (secondary N) is 1. The van der Waals surface area contributed by atoms with E-state index < -0.39 is 7.60 Å². The Labute approximate surface area is 116 Å². The minimum atomic E-state index is -2.86. The first kappa shape index (κ1) is 18.0. The molecule has 0 atom stereocenters. The van der Waals surface area contributed by atoms with E-state index in [-0.39, 0.29) is 0 Å². The summed E-state index contributed by atoms with van der Waals surface area (Å²) < 4.78 is 22.6. The topological polar surface area (TPSA) is 47.6 Å². The highest BCUT2D eigenvalue weighted by Gasteiger charge is 2.22. The summed E-state index contributed by atoms with van der Waals surface area (Å²) in [7, 11) is -2.86. The van der Waals surface area contributed by atoms with Gasteiger partial charge in [0.25, 0.3) is 0 Å². The van der Waals surface area contributed by atoms with Gasteiger partial charge < -0.3 is 14.4 Å². The third kappa shape index (κ3) is 9.03. The molecule has 6 heteroatoms. The summed E-state index contributed by atoms with van der Waals surface area (Å²) in [6, 6.07) is 0. The van der Waals surface area contributed by atoms with Gasteiger partial charge in [-0.25, -0.2) is 0 Å². The fraction of sp³-hybridized carbons (Fsp3) is 0.917. The molecule has 0 aliphatic carbocycles. The predicted octanol–water partition coefficient (Wildman–Crippen LogP) is 3.75. The van der Waals surface area contributed by atoms with Crippen molar-refractivity contribution < 1.29 is 13.6 Å². The second-order valence-electron chi connectivity index (χ2n) is 3.98. The molecule has 0 rings (SSSR count). The minimum absolute atomic E-state index is 0.427. The molecule has 0 radical (unpaired) electrons. The highest BCUT2D eigenvalue weighted by molar-refractivity contribution is 7.80. The van der Waals surface area contributed by atoms with Gasteiger partial charge in [0.15, 0.2) is 0 Å². The lowest BCUT2D eigenvalue weighted by Crippen LogP contribution is -2.22. The minimum Gasteiger partial charge on any atom is -0.380 e. The largest absolute Gasteiger partial charge is 0.380 e. The molecular weight excluding hydrogens is 269 g/mol. The lowest BCUT2D eigenvalue weighted by Gasteiger charge is -2.16. The maximum absolute atomic E-state index is 12.1. The van der Waals surface area contributed by atoms with Crippen LogP contribution < -0.4 is 5.32 Å². The summed E-state index contributed by atoms with van der Waals surface area (Å²) >= 11 is 5.14. The molecule has 108 valence electrons. The van der Waals surface area contributed by atoms with Gasteiger partial charge in [-0.15, -0.1) is 0 Å². The van der Waals surface area contributed by atoms with Crippen LogP contribution in [0.3, 0.4) is 0 Å². The monoisotopic (exact) mass is 295 g/mol. The Morgan fingerprint density at radius 1 is 1.17 bits per heavy atom. The molecule has 0 aromatic heterocycles. The van der Waals surface area contributed by atoms with E-state index >= 15 is 0 Å². The van der Waals surface area contributed by atoms with Crippen LogP contribution in [0.15, 0.2) is 0 Å². The average Bonchev–Trinajstić information content (AvgIpc) is 2.29. The lowest BCUT2D eigenvalue weighted by atomic mass is 10.3. The van der Waals surface area contributed by atoms with Crippen molar-refractivity contribution in [2.24, 2.45) is 0 Å². The number of thiocarbonyl (C=S) groups is 1. The van der Waals surface area contributed by atoms with Crippen LogP contribution in [0.25, 0.3) is 0 Å². The van der Waals surface area contributed by atoms with Gasteiger partial charge in [0.05, 0.1) is 24.4 Å². The zero-order valence-corrected chi connectivity index (χ0v) is 13.4. The Bertz CT molecular complexity index is 264. The summed E-state index contributed by atoms with van der Waals surface area (Å²) in [6.45, 7) is 7.45. The Hall–Kier alpha value is 0.0400. The van der Waals surface area contributed by atoms with E-state index in [1.807, 2.05) is 13.8 Å². The maximum atomic E-state index is 12.1. The fourth-order valence-electron chi connectivity index (χ4n) is 1.53. The van der Waals surface area contributed by atoms with E-state index in [1.165, 1.54) is 0 Å². The third-order valence-corrected chi connectivity index (χ3v) is 4.83. The molecule has 0 aromatic rings. The molecule has 0 saturated carbocycles. The Morgan fingerprint density at radius 2 is 1.78 bits per heavy atom. The van der Waals surface area contributed by atoms with Gasteiger partial charge >= 0.3 is 7.60 Å². The van der Waals surface area contributed by atoms with Crippen LogP contribution >= 0.6 is 19.8 Å². The van der Waals surface area contributed by atoms with Gasteiger partial charge in [0, 0.05) is 6.54 Å². The van der Waals surface area contributed by atoms with Gasteiger partial charge in [-0.3, -0.25) is 4.57 Å². The molecule has 0 spiro atoms. The Kier molecular flexibility index (Phi) is 10.9. The van der Waals surface area contributed by atoms with Crippen LogP contribution in [0, 0.1) is 0 Å². The van der Waals surface area contributed by atoms with Gasteiger partial charge in [-0.2, -0.15) is 0 Å². The summed E-state index contributed by atoms with van der Waals surface area (Å²) in [4.78, 5) is 0.912. The first-order valence-corrected chi connectivity index (χ1v) is 8.86. The molecule has 0 aromatic carbocycles. The quantitative estimate of drug-likeness (QED) is 0.357. The molecule has 18 heavy (non-hydrogen) atoms. The summed E-state index contributed by atoms with van der Waals surface area (Å²) in [5, 5.41) is 3.19. The normalized spacial score (nSPS) is 11.5. The van der Waals surface area contributed by atoms with Crippen molar-refractivity contribution in [3.8, 4) is 0 Å². The van der Waals surface area contributed by atoms with Crippen LogP contribution in [-0.2, 0) is 13.6 Å². The summed E-state index contributed by atoms with van der Waals surface area (Å²) in [6.07, 6.45) is 4.23. The van der Waals surface area contributed by atoms with Gasteiger partial charge in [0.1, 0.15) is 0 Å². The van der Waals surface area contributed by atoms with E-state index in [2.05, 4.69) is 12.2 Å². The van der Waals surface area contributed by atoms with Crippen molar-refractivity contribution in [1.82, 2.24) is 5.32 Å². The average molecular weight is 295 g/mol. The predicted molar refractivity (Wildman–Crippen MR) is 80.5 cm³/mol. The van der Waals surface area contributed by atoms with Crippen molar-refractivity contribution in [3.63, 3.8) is 0 Å². The van der Waals surface area contributed by atoms with Crippen molar-refractivity contribution in [3.05, 3.63) is 0 Å². The molecular formula is C12H26NO3PS. The highest BCUT2D eigenvalue weighted by atomic mass is 32.1. The molecule has 4 nitrogen and oxygen atoms in total. The molecule has 0 fully saturated rings. The van der Waals surface area contributed by atoms with Gasteiger partial charge in [-0.05, 0) is 39.5 Å². The molecule has 0 unspecified atom stereocenters. The summed E-state index contributed by atoms with van der Waals surface area (Å²) in [5.41, 5.74) is 0. The summed E-state index contributed by atoms with van der Waals surface area (Å²) in [5.74, 6) is 0. The van der Waals surface area contributed by atoms with E-state index in [0.29, 0.717) is 19.4 Å². The van der Waals surface area contributed by atoms with Crippen LogP contribution in [0.5, 0.6) is 0 Å². The molecule has 0 saturated heterocycles. The van der Waals surface area contributed by atoms with Crippen molar-refractivity contribution >= 4 is 24.8 Å². The first-order chi connectivity index (χ1) is 8.58. The maximum Gasteiger partial charge on any atom is 0.330 e. The second kappa shape index (κ2) is 10.9. The van der Waals surface area contributed by atoms with E-state index in [9.17, 15) is 4.57 Å².